The number of aryl methyl sites for hydroxylation is 1. The lowest BCUT2D eigenvalue weighted by Gasteiger charge is -2.36. The van der Waals surface area contributed by atoms with Gasteiger partial charge in [0.25, 0.3) is 0 Å². The minimum Gasteiger partial charge on any atom is -0.368 e. The summed E-state index contributed by atoms with van der Waals surface area (Å²) in [5.41, 5.74) is 2.08. The van der Waals surface area contributed by atoms with Crippen molar-refractivity contribution in [3.05, 3.63) is 46.2 Å². The number of aromatic nitrogens is 1. The second-order valence-corrected chi connectivity index (χ2v) is 8.45. The highest BCUT2D eigenvalue weighted by molar-refractivity contribution is 14.0. The molecule has 1 saturated heterocycles. The number of hydrogen-bond donors (Lipinski definition) is 2. The topological polar surface area (TPSA) is 72.9 Å². The van der Waals surface area contributed by atoms with Crippen LogP contribution in [0.25, 0.3) is 0 Å². The molecule has 2 heterocycles. The normalized spacial score (nSPS) is 14.2. The molecular formula is C22H32FIN6OS. The molecule has 1 amide bonds. The minimum absolute atomic E-state index is 0. The number of carbonyl (C=O) groups excluding carboxylic acids is 1. The maximum atomic E-state index is 13.1. The molecule has 0 spiro atoms. The number of benzene rings is 1. The number of thiazole rings is 1. The summed E-state index contributed by atoms with van der Waals surface area (Å²) in [6, 6.07) is 6.51. The zero-order chi connectivity index (χ0) is 22.1. The van der Waals surface area contributed by atoms with Gasteiger partial charge in [-0.05, 0) is 38.1 Å². The molecule has 0 bridgehead atoms. The Hall–Kier alpha value is -1.95. The molecule has 0 aliphatic carbocycles. The van der Waals surface area contributed by atoms with Gasteiger partial charge in [-0.3, -0.25) is 9.79 Å². The number of aliphatic imine (C=N–C) groups is 1. The predicted molar refractivity (Wildman–Crippen MR) is 140 cm³/mol. The molecule has 10 heteroatoms. The number of guanidine groups is 1. The van der Waals surface area contributed by atoms with E-state index >= 15 is 0 Å². The van der Waals surface area contributed by atoms with E-state index in [9.17, 15) is 9.18 Å². The van der Waals surface area contributed by atoms with E-state index in [0.717, 1.165) is 54.9 Å². The van der Waals surface area contributed by atoms with Crippen molar-refractivity contribution < 1.29 is 9.18 Å². The molecule has 176 valence electrons. The third kappa shape index (κ3) is 8.19. The van der Waals surface area contributed by atoms with Crippen molar-refractivity contribution in [2.24, 2.45) is 4.99 Å². The number of amides is 1. The van der Waals surface area contributed by atoms with Crippen LogP contribution in [0.2, 0.25) is 0 Å². The Morgan fingerprint density at radius 1 is 1.19 bits per heavy atom. The summed E-state index contributed by atoms with van der Waals surface area (Å²) in [7, 11) is 0. The average Bonchev–Trinajstić information content (AvgIpc) is 3.19. The van der Waals surface area contributed by atoms with Crippen molar-refractivity contribution in [2.75, 3.05) is 50.7 Å². The lowest BCUT2D eigenvalue weighted by molar-refractivity contribution is -0.131. The predicted octanol–water partition coefficient (Wildman–Crippen LogP) is 3.05. The van der Waals surface area contributed by atoms with Crippen LogP contribution in [-0.4, -0.2) is 67.6 Å². The van der Waals surface area contributed by atoms with Crippen LogP contribution >= 0.6 is 35.3 Å². The second-order valence-electron chi connectivity index (χ2n) is 7.39. The van der Waals surface area contributed by atoms with Crippen LogP contribution in [0, 0.1) is 12.7 Å². The van der Waals surface area contributed by atoms with Gasteiger partial charge >= 0.3 is 0 Å². The molecule has 3 rings (SSSR count). The molecule has 1 fully saturated rings. The Bertz CT molecular complexity index is 868. The SMILES string of the molecule is CCNC(=NCCC(=O)N1CCN(c2ccc(F)cc2)CC1)NCCc1csc(C)n1.I. The molecule has 2 aromatic rings. The smallest absolute Gasteiger partial charge is 0.224 e. The zero-order valence-electron chi connectivity index (χ0n) is 18.6. The third-order valence-electron chi connectivity index (χ3n) is 5.10. The number of hydrogen-bond acceptors (Lipinski definition) is 5. The largest absolute Gasteiger partial charge is 0.368 e. The lowest BCUT2D eigenvalue weighted by Crippen LogP contribution is -2.49. The summed E-state index contributed by atoms with van der Waals surface area (Å²) in [4.78, 5) is 25.6. The number of rotatable bonds is 8. The highest BCUT2D eigenvalue weighted by Crippen LogP contribution is 2.17. The third-order valence-corrected chi connectivity index (χ3v) is 5.93. The van der Waals surface area contributed by atoms with Crippen molar-refractivity contribution >= 4 is 52.9 Å². The number of piperazine rings is 1. The first-order valence-electron chi connectivity index (χ1n) is 10.8. The summed E-state index contributed by atoms with van der Waals surface area (Å²) < 4.78 is 13.1. The molecule has 1 aromatic carbocycles. The van der Waals surface area contributed by atoms with Crippen molar-refractivity contribution in [3.8, 4) is 0 Å². The van der Waals surface area contributed by atoms with Crippen molar-refractivity contribution in [1.29, 1.82) is 0 Å². The first-order valence-corrected chi connectivity index (χ1v) is 11.6. The summed E-state index contributed by atoms with van der Waals surface area (Å²) in [6.07, 6.45) is 1.23. The molecule has 1 aliphatic heterocycles. The van der Waals surface area contributed by atoms with Crippen LogP contribution in [0.1, 0.15) is 24.0 Å². The minimum atomic E-state index is -0.234. The Labute approximate surface area is 210 Å². The summed E-state index contributed by atoms with van der Waals surface area (Å²) in [6.45, 7) is 8.83. The monoisotopic (exact) mass is 574 g/mol. The van der Waals surface area contributed by atoms with Gasteiger partial charge in [-0.1, -0.05) is 0 Å². The Morgan fingerprint density at radius 2 is 1.91 bits per heavy atom. The van der Waals surface area contributed by atoms with Crippen LogP contribution < -0.4 is 15.5 Å². The van der Waals surface area contributed by atoms with Gasteiger partial charge in [0.1, 0.15) is 5.82 Å². The van der Waals surface area contributed by atoms with Gasteiger partial charge < -0.3 is 20.4 Å². The van der Waals surface area contributed by atoms with Gasteiger partial charge in [0, 0.05) is 63.2 Å². The summed E-state index contributed by atoms with van der Waals surface area (Å²) in [5.74, 6) is 0.613. The van der Waals surface area contributed by atoms with Crippen LogP contribution in [0.15, 0.2) is 34.6 Å². The van der Waals surface area contributed by atoms with E-state index < -0.39 is 0 Å². The van der Waals surface area contributed by atoms with Gasteiger partial charge in [-0.15, -0.1) is 35.3 Å². The molecule has 0 unspecified atom stereocenters. The Kier molecular flexibility index (Phi) is 11.1. The maximum Gasteiger partial charge on any atom is 0.224 e. The first kappa shape index (κ1) is 26.3. The van der Waals surface area contributed by atoms with E-state index in [4.69, 9.17) is 0 Å². The van der Waals surface area contributed by atoms with Gasteiger partial charge in [0.15, 0.2) is 5.96 Å². The van der Waals surface area contributed by atoms with Gasteiger partial charge in [-0.2, -0.15) is 0 Å². The van der Waals surface area contributed by atoms with Crippen LogP contribution in [-0.2, 0) is 11.2 Å². The van der Waals surface area contributed by atoms with Crippen LogP contribution in [0.5, 0.6) is 0 Å². The van der Waals surface area contributed by atoms with Crippen molar-refractivity contribution in [1.82, 2.24) is 20.5 Å². The Morgan fingerprint density at radius 3 is 2.53 bits per heavy atom. The summed E-state index contributed by atoms with van der Waals surface area (Å²) in [5, 5.41) is 9.68. The molecular weight excluding hydrogens is 542 g/mol. The molecule has 7 nitrogen and oxygen atoms in total. The van der Waals surface area contributed by atoms with E-state index in [1.807, 2.05) is 18.7 Å². The van der Waals surface area contributed by atoms with E-state index in [1.165, 1.54) is 12.1 Å². The molecule has 32 heavy (non-hydrogen) atoms. The fraction of sp³-hybridized carbons (Fsp3) is 0.500. The number of carbonyl (C=O) groups is 1. The summed E-state index contributed by atoms with van der Waals surface area (Å²) >= 11 is 1.66. The first-order chi connectivity index (χ1) is 15.0. The zero-order valence-corrected chi connectivity index (χ0v) is 21.8. The molecule has 0 radical (unpaired) electrons. The van der Waals surface area contributed by atoms with E-state index in [2.05, 4.69) is 30.9 Å². The maximum absolute atomic E-state index is 13.1. The number of halogens is 2. The molecule has 0 atom stereocenters. The van der Waals surface area contributed by atoms with Crippen molar-refractivity contribution in [3.63, 3.8) is 0 Å². The standard InChI is InChI=1S/C22H31FN6OS.HI/c1-3-24-22(25-10-8-19-16-31-17(2)27-19)26-11-9-21(30)29-14-12-28(13-15-29)20-6-4-18(23)5-7-20;/h4-7,16H,3,8-15H2,1-2H3,(H2,24,25,26);1H. The molecule has 1 aliphatic rings. The van der Waals surface area contributed by atoms with Gasteiger partial charge in [-0.25, -0.2) is 9.37 Å². The fourth-order valence-corrected chi connectivity index (χ4v) is 4.11. The van der Waals surface area contributed by atoms with E-state index in [0.29, 0.717) is 26.1 Å². The number of nitrogens with one attached hydrogen (secondary N) is 2. The van der Waals surface area contributed by atoms with E-state index in [-0.39, 0.29) is 35.7 Å². The van der Waals surface area contributed by atoms with Crippen LogP contribution in [0.4, 0.5) is 10.1 Å². The fourth-order valence-electron chi connectivity index (χ4n) is 3.46. The number of nitrogens with zero attached hydrogens (tertiary/aromatic N) is 4. The van der Waals surface area contributed by atoms with Crippen LogP contribution in [0.3, 0.4) is 0 Å². The highest BCUT2D eigenvalue weighted by Gasteiger charge is 2.21. The highest BCUT2D eigenvalue weighted by atomic mass is 127. The number of anilines is 1. The van der Waals surface area contributed by atoms with Crippen molar-refractivity contribution in [2.45, 2.75) is 26.7 Å². The second kappa shape index (κ2) is 13.6. The van der Waals surface area contributed by atoms with E-state index in [1.54, 1.807) is 23.5 Å². The molecule has 0 saturated carbocycles. The van der Waals surface area contributed by atoms with Gasteiger partial charge in [0.2, 0.25) is 5.91 Å². The quantitative estimate of drug-likeness (QED) is 0.288. The Balaban J connectivity index is 0.00000363. The molecule has 2 N–H and O–H groups in total. The molecule has 1 aromatic heterocycles. The van der Waals surface area contributed by atoms with Gasteiger partial charge in [0.05, 0.1) is 17.2 Å². The average molecular weight is 575 g/mol. The lowest BCUT2D eigenvalue weighted by atomic mass is 10.2.